The molecule has 0 radical (unpaired) electrons. The van der Waals surface area contributed by atoms with Gasteiger partial charge in [-0.3, -0.25) is 4.79 Å². The molecule has 2 rings (SSSR count). The second-order valence-corrected chi connectivity index (χ2v) is 4.78. The van der Waals surface area contributed by atoms with E-state index in [1.165, 1.54) is 11.3 Å². The van der Waals surface area contributed by atoms with Crippen LogP contribution in [0.15, 0.2) is 24.3 Å². The number of benzene rings is 1. The van der Waals surface area contributed by atoms with E-state index in [-0.39, 0.29) is 0 Å². The maximum absolute atomic E-state index is 11.1. The topological polar surface area (TPSA) is 39.2 Å². The molecule has 0 aliphatic rings. The molecule has 3 nitrogen and oxygen atoms in total. The van der Waals surface area contributed by atoms with Crippen LogP contribution < -0.4 is 4.74 Å². The van der Waals surface area contributed by atoms with Crippen molar-refractivity contribution in [1.82, 2.24) is 4.98 Å². The van der Waals surface area contributed by atoms with Gasteiger partial charge in [0.1, 0.15) is 15.6 Å². The minimum absolute atomic E-state index is 0.459. The third kappa shape index (κ3) is 2.48. The van der Waals surface area contributed by atoms with Gasteiger partial charge in [-0.25, -0.2) is 4.98 Å². The van der Waals surface area contributed by atoms with Gasteiger partial charge in [-0.15, -0.1) is 11.3 Å². The number of carbonyl (C=O) groups is 1. The first kappa shape index (κ1) is 12.1. The lowest BCUT2D eigenvalue weighted by molar-refractivity contribution is 0.108. The molecule has 1 heterocycles. The number of thiazole rings is 1. The van der Waals surface area contributed by atoms with Crippen molar-refractivity contribution in [3.63, 3.8) is 0 Å². The predicted molar refractivity (Wildman–Crippen MR) is 69.0 cm³/mol. The molecule has 0 aliphatic carbocycles. The van der Waals surface area contributed by atoms with Crippen LogP contribution in [0.5, 0.6) is 5.75 Å². The number of carbonyl (C=O) groups excluding carboxylic acids is 1. The minimum Gasteiger partial charge on any atom is -0.497 e. The normalized spacial score (nSPS) is 10.3. The number of nitrogens with zero attached hydrogens (tertiary/aromatic N) is 1. The number of aryl methyl sites for hydroxylation is 1. The number of methoxy groups -OCH3 is 1. The molecule has 0 spiro atoms. The van der Waals surface area contributed by atoms with Gasteiger partial charge < -0.3 is 4.74 Å². The summed E-state index contributed by atoms with van der Waals surface area (Å²) in [4.78, 5) is 16.0. The Hall–Kier alpha value is -1.39. The molecule has 0 N–H and O–H groups in total. The highest BCUT2D eigenvalue weighted by molar-refractivity contribution is 7.18. The van der Waals surface area contributed by atoms with Crippen molar-refractivity contribution >= 4 is 28.2 Å². The number of hydrogen-bond donors (Lipinski definition) is 0. The highest BCUT2D eigenvalue weighted by atomic mass is 35.5. The Morgan fingerprint density at radius 1 is 1.35 bits per heavy atom. The van der Waals surface area contributed by atoms with E-state index in [0.717, 1.165) is 16.3 Å². The number of ether oxygens (including phenoxy) is 1. The minimum atomic E-state index is -0.459. The predicted octanol–water partition coefficient (Wildman–Crippen LogP) is 3.51. The summed E-state index contributed by atoms with van der Waals surface area (Å²) in [6.45, 7) is 1.78. The fourth-order valence-electron chi connectivity index (χ4n) is 1.44. The molecular weight excluding hydrogens is 258 g/mol. The van der Waals surface area contributed by atoms with Gasteiger partial charge in [0.05, 0.1) is 12.8 Å². The molecule has 88 valence electrons. The Kier molecular flexibility index (Phi) is 3.45. The van der Waals surface area contributed by atoms with Crippen molar-refractivity contribution in [2.24, 2.45) is 0 Å². The van der Waals surface area contributed by atoms with Gasteiger partial charge >= 0.3 is 0 Å². The molecular formula is C12H10ClNO2S. The van der Waals surface area contributed by atoms with E-state index in [4.69, 9.17) is 16.3 Å². The van der Waals surface area contributed by atoms with Crippen molar-refractivity contribution < 1.29 is 9.53 Å². The first-order valence-electron chi connectivity index (χ1n) is 4.93. The van der Waals surface area contributed by atoms with E-state index in [0.29, 0.717) is 10.6 Å². The van der Waals surface area contributed by atoms with Crippen LogP contribution in [0.2, 0.25) is 0 Å². The Labute approximate surface area is 108 Å². The van der Waals surface area contributed by atoms with Crippen LogP contribution in [0.3, 0.4) is 0 Å². The van der Waals surface area contributed by atoms with E-state index in [2.05, 4.69) is 4.98 Å². The molecule has 0 saturated heterocycles. The zero-order valence-corrected chi connectivity index (χ0v) is 10.9. The van der Waals surface area contributed by atoms with E-state index in [1.54, 1.807) is 14.0 Å². The Morgan fingerprint density at radius 3 is 2.47 bits per heavy atom. The lowest BCUT2D eigenvalue weighted by Crippen LogP contribution is -1.86. The van der Waals surface area contributed by atoms with Crippen LogP contribution in [-0.2, 0) is 0 Å². The van der Waals surface area contributed by atoms with Crippen LogP contribution in [0.4, 0.5) is 0 Å². The lowest BCUT2D eigenvalue weighted by Gasteiger charge is -1.99. The Morgan fingerprint density at radius 2 is 2.00 bits per heavy atom. The maximum Gasteiger partial charge on any atom is 0.264 e. The molecule has 17 heavy (non-hydrogen) atoms. The van der Waals surface area contributed by atoms with E-state index >= 15 is 0 Å². The smallest absolute Gasteiger partial charge is 0.264 e. The van der Waals surface area contributed by atoms with Crippen molar-refractivity contribution in [1.29, 1.82) is 0 Å². The average molecular weight is 268 g/mol. The van der Waals surface area contributed by atoms with Gasteiger partial charge in [-0.2, -0.15) is 0 Å². The standard InChI is InChI=1S/C12H10ClNO2S/c1-7-10(11(13)15)17-12(14-7)8-3-5-9(16-2)6-4-8/h3-6H,1-2H3. The zero-order valence-electron chi connectivity index (χ0n) is 9.36. The Bertz CT molecular complexity index is 548. The van der Waals surface area contributed by atoms with E-state index in [9.17, 15) is 4.79 Å². The summed E-state index contributed by atoms with van der Waals surface area (Å²) in [7, 11) is 1.62. The van der Waals surface area contributed by atoms with Gasteiger partial charge in [0, 0.05) is 5.56 Å². The lowest BCUT2D eigenvalue weighted by atomic mass is 10.2. The number of aromatic nitrogens is 1. The zero-order chi connectivity index (χ0) is 12.4. The molecule has 0 saturated carbocycles. The maximum atomic E-state index is 11.1. The van der Waals surface area contributed by atoms with Crippen LogP contribution in [0, 0.1) is 6.92 Å². The van der Waals surface area contributed by atoms with Gasteiger partial charge in [0.2, 0.25) is 0 Å². The number of hydrogen-bond acceptors (Lipinski definition) is 4. The monoisotopic (exact) mass is 267 g/mol. The summed E-state index contributed by atoms with van der Waals surface area (Å²) in [6.07, 6.45) is 0. The summed E-state index contributed by atoms with van der Waals surface area (Å²) < 4.78 is 5.08. The van der Waals surface area contributed by atoms with Gasteiger partial charge in [-0.1, -0.05) is 0 Å². The molecule has 0 bridgehead atoms. The van der Waals surface area contributed by atoms with E-state index in [1.807, 2.05) is 24.3 Å². The van der Waals surface area contributed by atoms with Crippen molar-refractivity contribution in [3.05, 3.63) is 34.8 Å². The van der Waals surface area contributed by atoms with Crippen LogP contribution in [-0.4, -0.2) is 17.3 Å². The molecule has 1 aromatic carbocycles. The van der Waals surface area contributed by atoms with E-state index < -0.39 is 5.24 Å². The quantitative estimate of drug-likeness (QED) is 0.799. The van der Waals surface area contributed by atoms with Gasteiger partial charge in [0.25, 0.3) is 5.24 Å². The molecule has 2 aromatic rings. The number of halogens is 1. The molecule has 0 fully saturated rings. The van der Waals surface area contributed by atoms with Crippen molar-refractivity contribution in [2.75, 3.05) is 7.11 Å². The van der Waals surface area contributed by atoms with Crippen LogP contribution in [0.25, 0.3) is 10.6 Å². The van der Waals surface area contributed by atoms with Gasteiger partial charge in [0.15, 0.2) is 0 Å². The second-order valence-electron chi connectivity index (χ2n) is 3.44. The average Bonchev–Trinajstić information content (AvgIpc) is 2.71. The fourth-order valence-corrected chi connectivity index (χ4v) is 2.59. The van der Waals surface area contributed by atoms with Gasteiger partial charge in [-0.05, 0) is 42.8 Å². The Balaban J connectivity index is 2.39. The van der Waals surface area contributed by atoms with Crippen LogP contribution in [0.1, 0.15) is 15.4 Å². The van der Waals surface area contributed by atoms with Crippen molar-refractivity contribution in [3.8, 4) is 16.3 Å². The highest BCUT2D eigenvalue weighted by Crippen LogP contribution is 2.29. The molecule has 0 unspecified atom stereocenters. The third-order valence-corrected chi connectivity index (χ3v) is 3.82. The fraction of sp³-hybridized carbons (Fsp3) is 0.167. The SMILES string of the molecule is COc1ccc(-c2nc(C)c(C(=O)Cl)s2)cc1. The first-order chi connectivity index (χ1) is 8.11. The third-order valence-electron chi connectivity index (χ3n) is 2.31. The summed E-state index contributed by atoms with van der Waals surface area (Å²) in [5, 5.41) is 0.328. The second kappa shape index (κ2) is 4.85. The molecule has 5 heteroatoms. The van der Waals surface area contributed by atoms with Crippen molar-refractivity contribution in [2.45, 2.75) is 6.92 Å². The largest absolute Gasteiger partial charge is 0.497 e. The summed E-state index contributed by atoms with van der Waals surface area (Å²) in [5.41, 5.74) is 1.61. The molecule has 0 aliphatic heterocycles. The molecule has 0 atom stereocenters. The summed E-state index contributed by atoms with van der Waals surface area (Å²) in [5.74, 6) is 0.788. The molecule has 1 aromatic heterocycles. The molecule has 0 amide bonds. The first-order valence-corrected chi connectivity index (χ1v) is 6.13. The highest BCUT2D eigenvalue weighted by Gasteiger charge is 2.14. The number of rotatable bonds is 3. The summed E-state index contributed by atoms with van der Waals surface area (Å²) >= 11 is 6.77. The summed E-state index contributed by atoms with van der Waals surface area (Å²) in [6, 6.07) is 7.52. The van der Waals surface area contributed by atoms with Crippen LogP contribution >= 0.6 is 22.9 Å².